The van der Waals surface area contributed by atoms with Crippen molar-refractivity contribution in [3.05, 3.63) is 34.3 Å². The highest BCUT2D eigenvalue weighted by Gasteiger charge is 2.20. The molecule has 0 radical (unpaired) electrons. The van der Waals surface area contributed by atoms with Crippen LogP contribution < -0.4 is 4.73 Å². The Labute approximate surface area is 98.9 Å². The molecule has 1 aromatic heterocycles. The molecule has 0 unspecified atom stereocenters. The average molecular weight is 221 g/mol. The molecule has 0 saturated heterocycles. The molecule has 0 amide bonds. The Morgan fingerprint density at radius 2 is 1.44 bits per heavy atom. The zero-order chi connectivity index (χ0) is 12.3. The zero-order valence-electron chi connectivity index (χ0n) is 11.1. The summed E-state index contributed by atoms with van der Waals surface area (Å²) in [6, 6.07) is 4.04. The van der Waals surface area contributed by atoms with Gasteiger partial charge in [0.05, 0.1) is 0 Å². The lowest BCUT2D eigenvalue weighted by atomic mass is 9.98. The molecule has 0 fully saturated rings. The van der Waals surface area contributed by atoms with Gasteiger partial charge in [-0.3, -0.25) is 0 Å². The van der Waals surface area contributed by atoms with Gasteiger partial charge in [0, 0.05) is 24.0 Å². The standard InChI is InChI=1S/C14H23NO/c1-6-11(4)13-8-10(3)9-14(15(13)16)12(5)7-2/h8-9,11-12H,6-7H2,1-5H3/t11-,12-/m1/s1. The predicted molar refractivity (Wildman–Crippen MR) is 67.6 cm³/mol. The fourth-order valence-electron chi connectivity index (χ4n) is 1.88. The van der Waals surface area contributed by atoms with Crippen LogP contribution in [0.25, 0.3) is 0 Å². The van der Waals surface area contributed by atoms with Gasteiger partial charge in [-0.1, -0.05) is 27.7 Å². The van der Waals surface area contributed by atoms with Gasteiger partial charge in [0.1, 0.15) is 0 Å². The molecule has 2 heteroatoms. The molecular formula is C14H23NO. The summed E-state index contributed by atoms with van der Waals surface area (Å²) in [6.07, 6.45) is 2.01. The summed E-state index contributed by atoms with van der Waals surface area (Å²) in [5.74, 6) is 0.667. The van der Waals surface area contributed by atoms with Gasteiger partial charge < -0.3 is 5.21 Å². The maximum absolute atomic E-state index is 12.2. The number of aryl methyl sites for hydroxylation is 1. The van der Waals surface area contributed by atoms with Crippen LogP contribution in [0.15, 0.2) is 12.1 Å². The molecule has 90 valence electrons. The Kier molecular flexibility index (Phi) is 4.34. The third-order valence-corrected chi connectivity index (χ3v) is 3.45. The van der Waals surface area contributed by atoms with Crippen molar-refractivity contribution in [2.45, 2.75) is 59.3 Å². The summed E-state index contributed by atoms with van der Waals surface area (Å²) < 4.78 is 1.15. The summed E-state index contributed by atoms with van der Waals surface area (Å²) in [6.45, 7) is 10.5. The van der Waals surface area contributed by atoms with Crippen molar-refractivity contribution >= 4 is 0 Å². The second kappa shape index (κ2) is 5.33. The Balaban J connectivity index is 3.25. The predicted octanol–water partition coefficient (Wildman–Crippen LogP) is 3.66. The molecule has 0 aliphatic heterocycles. The van der Waals surface area contributed by atoms with Crippen LogP contribution in [0.5, 0.6) is 0 Å². The first-order valence-corrected chi connectivity index (χ1v) is 6.25. The first-order chi connectivity index (χ1) is 7.51. The van der Waals surface area contributed by atoms with E-state index in [2.05, 4.69) is 34.6 Å². The molecule has 16 heavy (non-hydrogen) atoms. The third-order valence-electron chi connectivity index (χ3n) is 3.45. The van der Waals surface area contributed by atoms with Gasteiger partial charge in [-0.15, -0.1) is 0 Å². The second-order valence-electron chi connectivity index (χ2n) is 4.80. The maximum Gasteiger partial charge on any atom is 0.196 e. The summed E-state index contributed by atoms with van der Waals surface area (Å²) in [4.78, 5) is 0. The van der Waals surface area contributed by atoms with Gasteiger partial charge in [-0.25, -0.2) is 0 Å². The van der Waals surface area contributed by atoms with Crippen molar-refractivity contribution in [2.24, 2.45) is 0 Å². The highest BCUT2D eigenvalue weighted by molar-refractivity contribution is 5.19. The van der Waals surface area contributed by atoms with E-state index in [4.69, 9.17) is 0 Å². The number of hydrogen-bond donors (Lipinski definition) is 0. The van der Waals surface area contributed by atoms with E-state index in [1.165, 1.54) is 5.56 Å². The van der Waals surface area contributed by atoms with Gasteiger partial charge in [0.25, 0.3) is 0 Å². The van der Waals surface area contributed by atoms with Gasteiger partial charge in [-0.05, 0) is 25.3 Å². The van der Waals surface area contributed by atoms with E-state index in [1.54, 1.807) is 0 Å². The molecule has 0 aliphatic carbocycles. The molecule has 1 rings (SSSR count). The Morgan fingerprint density at radius 1 is 1.06 bits per heavy atom. The normalized spacial score (nSPS) is 14.8. The first-order valence-electron chi connectivity index (χ1n) is 6.25. The van der Waals surface area contributed by atoms with Crippen LogP contribution in [-0.4, -0.2) is 0 Å². The Hall–Kier alpha value is -1.05. The highest BCUT2D eigenvalue weighted by Crippen LogP contribution is 2.21. The minimum Gasteiger partial charge on any atom is -0.618 e. The molecule has 2 atom stereocenters. The quantitative estimate of drug-likeness (QED) is 0.563. The third kappa shape index (κ3) is 2.55. The summed E-state index contributed by atoms with van der Waals surface area (Å²) in [7, 11) is 0. The lowest BCUT2D eigenvalue weighted by molar-refractivity contribution is -0.625. The molecule has 0 bridgehead atoms. The van der Waals surface area contributed by atoms with Crippen LogP contribution in [0.2, 0.25) is 0 Å². The van der Waals surface area contributed by atoms with Crippen molar-refractivity contribution in [3.8, 4) is 0 Å². The van der Waals surface area contributed by atoms with Crippen LogP contribution in [0.4, 0.5) is 0 Å². The SMILES string of the molecule is CC[C@@H](C)c1cc(C)cc([C@H](C)CC)[n+]1[O-]. The molecule has 1 aromatic rings. The van der Waals surface area contributed by atoms with Crippen LogP contribution in [0, 0.1) is 12.1 Å². The minimum atomic E-state index is 0.334. The number of nitrogens with zero attached hydrogens (tertiary/aromatic N) is 1. The number of rotatable bonds is 4. The molecule has 0 aromatic carbocycles. The first kappa shape index (κ1) is 13.0. The van der Waals surface area contributed by atoms with Crippen LogP contribution in [0.3, 0.4) is 0 Å². The van der Waals surface area contributed by atoms with Crippen molar-refractivity contribution in [2.75, 3.05) is 0 Å². The van der Waals surface area contributed by atoms with Gasteiger partial charge in [0.2, 0.25) is 0 Å². The summed E-state index contributed by atoms with van der Waals surface area (Å²) >= 11 is 0. The number of aromatic nitrogens is 1. The Bertz CT molecular complexity index is 329. The second-order valence-corrected chi connectivity index (χ2v) is 4.80. The zero-order valence-corrected chi connectivity index (χ0v) is 11.1. The number of hydrogen-bond acceptors (Lipinski definition) is 1. The van der Waals surface area contributed by atoms with Crippen LogP contribution in [-0.2, 0) is 0 Å². The van der Waals surface area contributed by atoms with E-state index in [0.29, 0.717) is 11.8 Å². The van der Waals surface area contributed by atoms with E-state index < -0.39 is 0 Å². The molecule has 0 N–H and O–H groups in total. The summed E-state index contributed by atoms with van der Waals surface area (Å²) in [5, 5.41) is 12.2. The van der Waals surface area contributed by atoms with Crippen molar-refractivity contribution in [3.63, 3.8) is 0 Å². The van der Waals surface area contributed by atoms with Crippen molar-refractivity contribution in [1.29, 1.82) is 0 Å². The van der Waals surface area contributed by atoms with E-state index in [1.807, 2.05) is 12.1 Å². The highest BCUT2D eigenvalue weighted by atomic mass is 16.5. The lowest BCUT2D eigenvalue weighted by Gasteiger charge is -2.16. The maximum atomic E-state index is 12.2. The van der Waals surface area contributed by atoms with Crippen LogP contribution in [0.1, 0.15) is 69.3 Å². The van der Waals surface area contributed by atoms with E-state index in [-0.39, 0.29) is 0 Å². The number of pyridine rings is 1. The van der Waals surface area contributed by atoms with Crippen molar-refractivity contribution < 1.29 is 4.73 Å². The lowest BCUT2D eigenvalue weighted by Crippen LogP contribution is -2.38. The molecule has 0 saturated carbocycles. The van der Waals surface area contributed by atoms with Crippen molar-refractivity contribution in [1.82, 2.24) is 0 Å². The van der Waals surface area contributed by atoms with E-state index >= 15 is 0 Å². The molecule has 0 spiro atoms. The molecular weight excluding hydrogens is 198 g/mol. The van der Waals surface area contributed by atoms with E-state index in [9.17, 15) is 5.21 Å². The summed E-state index contributed by atoms with van der Waals surface area (Å²) in [5.41, 5.74) is 3.02. The molecule has 2 nitrogen and oxygen atoms in total. The smallest absolute Gasteiger partial charge is 0.196 e. The topological polar surface area (TPSA) is 26.9 Å². The molecule has 1 heterocycles. The minimum absolute atomic E-state index is 0.334. The van der Waals surface area contributed by atoms with Gasteiger partial charge in [0.15, 0.2) is 11.4 Å². The fraction of sp³-hybridized carbons (Fsp3) is 0.643. The largest absolute Gasteiger partial charge is 0.618 e. The monoisotopic (exact) mass is 221 g/mol. The molecule has 0 aliphatic rings. The van der Waals surface area contributed by atoms with E-state index in [0.717, 1.165) is 29.0 Å². The fourth-order valence-corrected chi connectivity index (χ4v) is 1.88. The van der Waals surface area contributed by atoms with Gasteiger partial charge in [-0.2, -0.15) is 4.73 Å². The Morgan fingerprint density at radius 3 is 1.75 bits per heavy atom. The average Bonchev–Trinajstić information content (AvgIpc) is 2.29. The van der Waals surface area contributed by atoms with Crippen LogP contribution >= 0.6 is 0 Å². The van der Waals surface area contributed by atoms with Gasteiger partial charge >= 0.3 is 0 Å².